The van der Waals surface area contributed by atoms with Crippen LogP contribution in [0.3, 0.4) is 0 Å². The first-order valence-corrected chi connectivity index (χ1v) is 6.39. The van der Waals surface area contributed by atoms with Gasteiger partial charge in [-0.25, -0.2) is 4.39 Å². The van der Waals surface area contributed by atoms with E-state index in [2.05, 4.69) is 6.58 Å². The largest absolute Gasteiger partial charge is 0.499 e. The molecule has 1 saturated carbocycles. The number of alkyl halides is 4. The van der Waals surface area contributed by atoms with Crippen molar-refractivity contribution in [1.82, 2.24) is 0 Å². The molecule has 0 spiro atoms. The van der Waals surface area contributed by atoms with Gasteiger partial charge in [-0.2, -0.15) is 8.78 Å². The zero-order valence-electron chi connectivity index (χ0n) is 10.1. The Morgan fingerprint density at radius 3 is 2.44 bits per heavy atom. The first-order chi connectivity index (χ1) is 8.45. The van der Waals surface area contributed by atoms with Crippen LogP contribution in [-0.4, -0.2) is 30.9 Å². The van der Waals surface area contributed by atoms with E-state index in [9.17, 15) is 13.2 Å². The molecule has 1 atom stereocenters. The van der Waals surface area contributed by atoms with E-state index >= 15 is 0 Å². The average Bonchev–Trinajstić information content (AvgIpc) is 2.31. The van der Waals surface area contributed by atoms with Crippen molar-refractivity contribution in [3.05, 3.63) is 12.8 Å². The third-order valence-corrected chi connectivity index (χ3v) is 3.37. The summed E-state index contributed by atoms with van der Waals surface area (Å²) < 4.78 is 48.0. The second kappa shape index (κ2) is 7.24. The lowest BCUT2D eigenvalue weighted by atomic mass is 9.88. The van der Waals surface area contributed by atoms with Crippen LogP contribution in [0.2, 0.25) is 0 Å². The Hall–Kier alpha value is -0.420. The maximum Gasteiger partial charge on any atom is 0.315 e. The minimum atomic E-state index is -3.62. The van der Waals surface area contributed by atoms with Gasteiger partial charge in [-0.1, -0.05) is 18.2 Å². The van der Waals surface area contributed by atoms with Gasteiger partial charge in [0.15, 0.2) is 0 Å². The van der Waals surface area contributed by atoms with Crippen molar-refractivity contribution < 1.29 is 22.6 Å². The number of hydrogen-bond acceptors (Lipinski definition) is 2. The number of halogens is 4. The van der Waals surface area contributed by atoms with Crippen LogP contribution < -0.4 is 0 Å². The van der Waals surface area contributed by atoms with Crippen molar-refractivity contribution in [2.45, 2.75) is 43.3 Å². The molecule has 0 amide bonds. The molecule has 2 nitrogen and oxygen atoms in total. The molecular weight excluding hydrogens is 269 g/mol. The smallest absolute Gasteiger partial charge is 0.315 e. The molecule has 0 bridgehead atoms. The maximum absolute atomic E-state index is 12.8. The average molecular weight is 287 g/mol. The highest BCUT2D eigenvalue weighted by molar-refractivity contribution is 6.20. The van der Waals surface area contributed by atoms with Gasteiger partial charge in [0.2, 0.25) is 5.63 Å². The van der Waals surface area contributed by atoms with Gasteiger partial charge in [-0.15, -0.1) is 0 Å². The fourth-order valence-corrected chi connectivity index (χ4v) is 2.06. The van der Waals surface area contributed by atoms with Crippen LogP contribution in [0.15, 0.2) is 12.8 Å². The van der Waals surface area contributed by atoms with Crippen LogP contribution >= 0.6 is 11.6 Å². The van der Waals surface area contributed by atoms with E-state index in [1.54, 1.807) is 0 Å². The third kappa shape index (κ3) is 5.06. The summed E-state index contributed by atoms with van der Waals surface area (Å²) in [6, 6.07) is 0. The van der Waals surface area contributed by atoms with Crippen LogP contribution in [0.5, 0.6) is 0 Å². The molecule has 106 valence electrons. The van der Waals surface area contributed by atoms with Crippen molar-refractivity contribution in [3.63, 3.8) is 0 Å². The van der Waals surface area contributed by atoms with Gasteiger partial charge in [0, 0.05) is 6.61 Å². The molecule has 6 heteroatoms. The Kier molecular flexibility index (Phi) is 6.29. The normalized spacial score (nSPS) is 26.7. The zero-order valence-corrected chi connectivity index (χ0v) is 10.8. The Labute approximate surface area is 110 Å². The summed E-state index contributed by atoms with van der Waals surface area (Å²) in [5, 5.41) is 0. The van der Waals surface area contributed by atoms with Gasteiger partial charge >= 0.3 is 5.92 Å². The van der Waals surface area contributed by atoms with Gasteiger partial charge in [0.05, 0.1) is 12.4 Å². The zero-order chi connectivity index (χ0) is 13.6. The summed E-state index contributed by atoms with van der Waals surface area (Å²) in [6.45, 7) is 2.73. The highest BCUT2D eigenvalue weighted by Gasteiger charge is 2.39. The molecule has 0 aromatic carbocycles. The molecule has 1 aliphatic rings. The number of ether oxygens (including phenoxy) is 2. The van der Waals surface area contributed by atoms with Gasteiger partial charge in [-0.3, -0.25) is 0 Å². The van der Waals surface area contributed by atoms with Crippen molar-refractivity contribution in [1.29, 1.82) is 0 Å². The summed E-state index contributed by atoms with van der Waals surface area (Å²) in [4.78, 5) is 0. The van der Waals surface area contributed by atoms with Crippen molar-refractivity contribution in [2.75, 3.05) is 13.2 Å². The topological polar surface area (TPSA) is 18.5 Å². The number of rotatable bonds is 7. The SMILES string of the molecule is C=COC1CCC(COCC(F)(F)C(F)Cl)CC1. The Morgan fingerprint density at radius 1 is 1.33 bits per heavy atom. The third-order valence-electron chi connectivity index (χ3n) is 3.05. The molecule has 1 fully saturated rings. The van der Waals surface area contributed by atoms with E-state index in [4.69, 9.17) is 21.1 Å². The monoisotopic (exact) mass is 286 g/mol. The van der Waals surface area contributed by atoms with E-state index in [-0.39, 0.29) is 18.6 Å². The second-order valence-corrected chi connectivity index (χ2v) is 4.91. The molecule has 18 heavy (non-hydrogen) atoms. The van der Waals surface area contributed by atoms with Crippen LogP contribution in [0.4, 0.5) is 13.2 Å². The first kappa shape index (κ1) is 15.6. The van der Waals surface area contributed by atoms with E-state index < -0.39 is 18.2 Å². The van der Waals surface area contributed by atoms with Crippen molar-refractivity contribution in [3.8, 4) is 0 Å². The molecule has 1 aliphatic carbocycles. The molecule has 1 rings (SSSR count). The van der Waals surface area contributed by atoms with Gasteiger partial charge < -0.3 is 9.47 Å². The summed E-state index contributed by atoms with van der Waals surface area (Å²) in [6.07, 6.45) is 5.01. The van der Waals surface area contributed by atoms with E-state index in [1.165, 1.54) is 6.26 Å². The lowest BCUT2D eigenvalue weighted by Gasteiger charge is -2.28. The van der Waals surface area contributed by atoms with Crippen LogP contribution in [0.25, 0.3) is 0 Å². The lowest BCUT2D eigenvalue weighted by Crippen LogP contribution is -2.33. The highest BCUT2D eigenvalue weighted by atomic mass is 35.5. The Morgan fingerprint density at radius 2 is 1.94 bits per heavy atom. The predicted molar refractivity (Wildman–Crippen MR) is 63.5 cm³/mol. The molecule has 0 radical (unpaired) electrons. The summed E-state index contributed by atoms with van der Waals surface area (Å²) in [7, 11) is 0. The van der Waals surface area contributed by atoms with Crippen LogP contribution in [0, 0.1) is 5.92 Å². The van der Waals surface area contributed by atoms with E-state index in [0.717, 1.165) is 25.7 Å². The number of hydrogen-bond donors (Lipinski definition) is 0. The van der Waals surface area contributed by atoms with Gasteiger partial charge in [0.1, 0.15) is 6.61 Å². The minimum Gasteiger partial charge on any atom is -0.499 e. The molecule has 0 saturated heterocycles. The molecule has 0 aromatic heterocycles. The first-order valence-electron chi connectivity index (χ1n) is 5.95. The van der Waals surface area contributed by atoms with E-state index in [1.807, 2.05) is 0 Å². The summed E-state index contributed by atoms with van der Waals surface area (Å²) in [5.74, 6) is -3.40. The standard InChI is InChI=1S/C12H18ClF3O2/c1-2-18-10-5-3-9(4-6-10)7-17-8-12(15,16)11(13)14/h2,9-11H,1,3-8H2. The van der Waals surface area contributed by atoms with Gasteiger partial charge in [0.25, 0.3) is 0 Å². The van der Waals surface area contributed by atoms with Crippen molar-refractivity contribution >= 4 is 11.6 Å². The van der Waals surface area contributed by atoms with Crippen molar-refractivity contribution in [2.24, 2.45) is 5.92 Å². The molecular formula is C12H18ClF3O2. The summed E-state index contributed by atoms with van der Waals surface area (Å²) in [5.41, 5.74) is -2.70. The second-order valence-electron chi connectivity index (χ2n) is 4.52. The van der Waals surface area contributed by atoms with Crippen LogP contribution in [0.1, 0.15) is 25.7 Å². The minimum absolute atomic E-state index is 0.165. The molecule has 1 unspecified atom stereocenters. The lowest BCUT2D eigenvalue weighted by molar-refractivity contribution is -0.109. The highest BCUT2D eigenvalue weighted by Crippen LogP contribution is 2.28. The quantitative estimate of drug-likeness (QED) is 0.522. The maximum atomic E-state index is 12.8. The molecule has 0 heterocycles. The van der Waals surface area contributed by atoms with E-state index in [0.29, 0.717) is 0 Å². The van der Waals surface area contributed by atoms with Gasteiger partial charge in [-0.05, 0) is 31.6 Å². The van der Waals surface area contributed by atoms with Crippen LogP contribution in [-0.2, 0) is 9.47 Å². The Bertz CT molecular complexity index is 254. The molecule has 0 aromatic rings. The fraction of sp³-hybridized carbons (Fsp3) is 0.833. The fourth-order valence-electron chi connectivity index (χ4n) is 2.00. The Balaban J connectivity index is 2.16. The predicted octanol–water partition coefficient (Wildman–Crippen LogP) is 3.89. The molecule has 0 aliphatic heterocycles. The summed E-state index contributed by atoms with van der Waals surface area (Å²) >= 11 is 4.72. The molecule has 0 N–H and O–H groups in total.